The quantitative estimate of drug-likeness (QED) is 0.882. The zero-order valence-corrected chi connectivity index (χ0v) is 11.1. The number of hydrogen-bond acceptors (Lipinski definition) is 4. The third kappa shape index (κ3) is 2.25. The van der Waals surface area contributed by atoms with E-state index < -0.39 is 0 Å². The lowest BCUT2D eigenvalue weighted by molar-refractivity contribution is 0.174. The van der Waals surface area contributed by atoms with Crippen LogP contribution in [0.2, 0.25) is 0 Å². The van der Waals surface area contributed by atoms with Gasteiger partial charge < -0.3 is 19.7 Å². The molecule has 1 aromatic carbocycles. The van der Waals surface area contributed by atoms with E-state index >= 15 is 0 Å². The lowest BCUT2D eigenvalue weighted by Gasteiger charge is -2.26. The predicted octanol–water partition coefficient (Wildman–Crippen LogP) is 1.99. The fraction of sp³-hybridized carbons (Fsp3) is 0.600. The summed E-state index contributed by atoms with van der Waals surface area (Å²) in [5.41, 5.74) is 1.26. The molecule has 0 spiro atoms. The topological polar surface area (TPSA) is 33.7 Å². The van der Waals surface area contributed by atoms with Crippen LogP contribution < -0.4 is 19.7 Å². The summed E-state index contributed by atoms with van der Waals surface area (Å²) in [6.45, 7) is 3.73. The second-order valence-corrected chi connectivity index (χ2v) is 5.74. The molecule has 0 bridgehead atoms. The largest absolute Gasteiger partial charge is 0.454 e. The molecule has 4 heteroatoms. The smallest absolute Gasteiger partial charge is 0.231 e. The molecule has 2 heterocycles. The minimum Gasteiger partial charge on any atom is -0.454 e. The second-order valence-electron chi connectivity index (χ2n) is 5.74. The molecule has 102 valence electrons. The van der Waals surface area contributed by atoms with Gasteiger partial charge in [-0.25, -0.2) is 0 Å². The summed E-state index contributed by atoms with van der Waals surface area (Å²) in [6, 6.07) is 6.97. The normalized spacial score (nSPS) is 26.3. The van der Waals surface area contributed by atoms with E-state index in [0.717, 1.165) is 37.1 Å². The molecule has 1 aliphatic carbocycles. The Morgan fingerprint density at radius 2 is 2.05 bits per heavy atom. The molecule has 2 fully saturated rings. The molecule has 1 saturated carbocycles. The van der Waals surface area contributed by atoms with Crippen molar-refractivity contribution in [2.75, 3.05) is 31.3 Å². The Hall–Kier alpha value is -1.42. The third-order valence-corrected chi connectivity index (χ3v) is 4.34. The molecule has 1 atom stereocenters. The van der Waals surface area contributed by atoms with Crippen molar-refractivity contribution in [2.24, 2.45) is 5.92 Å². The maximum absolute atomic E-state index is 5.48. The average molecular weight is 260 g/mol. The number of rotatable bonds is 2. The first-order chi connectivity index (χ1) is 9.40. The van der Waals surface area contributed by atoms with Gasteiger partial charge in [-0.05, 0) is 43.9 Å². The molecule has 1 saturated heterocycles. The summed E-state index contributed by atoms with van der Waals surface area (Å²) in [6.07, 6.45) is 4.00. The van der Waals surface area contributed by atoms with E-state index in [4.69, 9.17) is 9.47 Å². The van der Waals surface area contributed by atoms with Gasteiger partial charge in [0, 0.05) is 30.9 Å². The number of fused-ring (bicyclic) bond motifs is 1. The summed E-state index contributed by atoms with van der Waals surface area (Å²) < 4.78 is 10.9. The van der Waals surface area contributed by atoms with Gasteiger partial charge in [0.05, 0.1) is 0 Å². The van der Waals surface area contributed by atoms with Gasteiger partial charge in [0.1, 0.15) is 0 Å². The maximum atomic E-state index is 5.48. The van der Waals surface area contributed by atoms with Crippen LogP contribution in [0.5, 0.6) is 11.5 Å². The van der Waals surface area contributed by atoms with Crippen LogP contribution in [-0.4, -0.2) is 32.5 Å². The fourth-order valence-electron chi connectivity index (χ4n) is 3.08. The Bertz CT molecular complexity index is 473. The van der Waals surface area contributed by atoms with Crippen LogP contribution in [0.1, 0.15) is 19.3 Å². The fourth-order valence-corrected chi connectivity index (χ4v) is 3.08. The molecule has 4 nitrogen and oxygen atoms in total. The van der Waals surface area contributed by atoms with Crippen molar-refractivity contribution < 1.29 is 9.47 Å². The van der Waals surface area contributed by atoms with E-state index in [1.54, 1.807) is 0 Å². The van der Waals surface area contributed by atoms with Crippen molar-refractivity contribution >= 4 is 5.69 Å². The molecule has 1 N–H and O–H groups in total. The first-order valence-corrected chi connectivity index (χ1v) is 7.28. The van der Waals surface area contributed by atoms with Crippen LogP contribution in [0.25, 0.3) is 0 Å². The number of ether oxygens (including phenoxy) is 2. The number of anilines is 1. The van der Waals surface area contributed by atoms with Crippen molar-refractivity contribution in [2.45, 2.75) is 25.3 Å². The van der Waals surface area contributed by atoms with Gasteiger partial charge in [-0.2, -0.15) is 0 Å². The lowest BCUT2D eigenvalue weighted by atomic mass is 10.1. The van der Waals surface area contributed by atoms with Crippen molar-refractivity contribution in [3.63, 3.8) is 0 Å². The van der Waals surface area contributed by atoms with Gasteiger partial charge in [0.2, 0.25) is 6.79 Å². The highest BCUT2D eigenvalue weighted by molar-refractivity contribution is 5.57. The van der Waals surface area contributed by atoms with Crippen molar-refractivity contribution in [1.29, 1.82) is 0 Å². The number of nitrogens with one attached hydrogen (secondary N) is 1. The first-order valence-electron chi connectivity index (χ1n) is 7.28. The van der Waals surface area contributed by atoms with Crippen LogP contribution in [0.3, 0.4) is 0 Å². The van der Waals surface area contributed by atoms with Gasteiger partial charge in [0.15, 0.2) is 11.5 Å². The minimum atomic E-state index is 0.352. The summed E-state index contributed by atoms with van der Waals surface area (Å²) in [5, 5.41) is 3.70. The van der Waals surface area contributed by atoms with Crippen LogP contribution in [0.15, 0.2) is 18.2 Å². The molecular weight excluding hydrogens is 240 g/mol. The molecular formula is C15H20N2O2. The maximum Gasteiger partial charge on any atom is 0.231 e. The Labute approximate surface area is 113 Å². The number of nitrogens with zero attached hydrogens (tertiary/aromatic N) is 1. The van der Waals surface area contributed by atoms with Crippen LogP contribution >= 0.6 is 0 Å². The molecule has 19 heavy (non-hydrogen) atoms. The lowest BCUT2D eigenvalue weighted by Crippen LogP contribution is -2.39. The van der Waals surface area contributed by atoms with E-state index in [-0.39, 0.29) is 0 Å². The van der Waals surface area contributed by atoms with Gasteiger partial charge in [-0.15, -0.1) is 0 Å². The molecule has 1 unspecified atom stereocenters. The number of hydrogen-bond donors (Lipinski definition) is 1. The summed E-state index contributed by atoms with van der Waals surface area (Å²) >= 11 is 0. The predicted molar refractivity (Wildman–Crippen MR) is 73.9 cm³/mol. The Kier molecular flexibility index (Phi) is 2.76. The molecule has 3 aliphatic rings. The van der Waals surface area contributed by atoms with Crippen molar-refractivity contribution in [3.05, 3.63) is 18.2 Å². The molecule has 4 rings (SSSR count). The standard InChI is InChI=1S/C15H20N2O2/c1-6-16-13(11-2-3-11)9-17(7-1)12-4-5-14-15(8-12)19-10-18-14/h4-5,8,11,13,16H,1-3,6-7,9-10H2. The van der Waals surface area contributed by atoms with Gasteiger partial charge >= 0.3 is 0 Å². The Balaban J connectivity index is 1.56. The average Bonchev–Trinajstić information content (AvgIpc) is 3.20. The van der Waals surface area contributed by atoms with E-state index in [0.29, 0.717) is 12.8 Å². The van der Waals surface area contributed by atoms with Gasteiger partial charge in [-0.1, -0.05) is 0 Å². The molecule has 0 radical (unpaired) electrons. The highest BCUT2D eigenvalue weighted by atomic mass is 16.7. The Morgan fingerprint density at radius 3 is 2.95 bits per heavy atom. The molecule has 0 aromatic heterocycles. The van der Waals surface area contributed by atoms with Crippen LogP contribution in [-0.2, 0) is 0 Å². The summed E-state index contributed by atoms with van der Waals surface area (Å²) in [7, 11) is 0. The van der Waals surface area contributed by atoms with E-state index in [9.17, 15) is 0 Å². The molecule has 2 aliphatic heterocycles. The van der Waals surface area contributed by atoms with E-state index in [1.807, 2.05) is 6.07 Å². The molecule has 0 amide bonds. The zero-order chi connectivity index (χ0) is 12.7. The highest BCUT2D eigenvalue weighted by Gasteiger charge is 2.33. The first kappa shape index (κ1) is 11.4. The third-order valence-electron chi connectivity index (χ3n) is 4.34. The Morgan fingerprint density at radius 1 is 1.16 bits per heavy atom. The van der Waals surface area contributed by atoms with Gasteiger partial charge in [0.25, 0.3) is 0 Å². The summed E-state index contributed by atoms with van der Waals surface area (Å²) in [4.78, 5) is 2.49. The SMILES string of the molecule is c1cc2c(cc1N1CCCNC(C3CC3)C1)OCO2. The van der Waals surface area contributed by atoms with Gasteiger partial charge in [-0.3, -0.25) is 0 Å². The zero-order valence-electron chi connectivity index (χ0n) is 11.1. The van der Waals surface area contributed by atoms with Crippen LogP contribution in [0.4, 0.5) is 5.69 Å². The summed E-state index contributed by atoms with van der Waals surface area (Å²) in [5.74, 6) is 2.66. The highest BCUT2D eigenvalue weighted by Crippen LogP contribution is 2.37. The molecule has 1 aromatic rings. The number of benzene rings is 1. The van der Waals surface area contributed by atoms with E-state index in [1.165, 1.54) is 24.9 Å². The monoisotopic (exact) mass is 260 g/mol. The van der Waals surface area contributed by atoms with Crippen LogP contribution in [0, 0.1) is 5.92 Å². The second kappa shape index (κ2) is 4.60. The van der Waals surface area contributed by atoms with E-state index in [2.05, 4.69) is 22.3 Å². The van der Waals surface area contributed by atoms with Crippen molar-refractivity contribution in [1.82, 2.24) is 5.32 Å². The minimum absolute atomic E-state index is 0.352. The van der Waals surface area contributed by atoms with Crippen molar-refractivity contribution in [3.8, 4) is 11.5 Å².